The molecule has 0 saturated heterocycles. The van der Waals surface area contributed by atoms with Crippen LogP contribution in [0.15, 0.2) is 0 Å². The van der Waals surface area contributed by atoms with E-state index < -0.39 is 23.7 Å². The number of aliphatic carboxylic acids is 1. The molecule has 0 unspecified atom stereocenters. The Labute approximate surface area is 174 Å². The predicted molar refractivity (Wildman–Crippen MR) is 98.9 cm³/mol. The Morgan fingerprint density at radius 2 is 1.03 bits per heavy atom. The van der Waals surface area contributed by atoms with Gasteiger partial charge in [-0.15, -0.1) is 0 Å². The second-order valence-electron chi connectivity index (χ2n) is 5.53. The van der Waals surface area contributed by atoms with E-state index in [9.17, 15) is 19.2 Å². The van der Waals surface area contributed by atoms with E-state index in [2.05, 4.69) is 4.74 Å². The van der Waals surface area contributed by atoms with Gasteiger partial charge in [0.2, 0.25) is 5.78 Å². The van der Waals surface area contributed by atoms with E-state index in [0.29, 0.717) is 52.9 Å². The van der Waals surface area contributed by atoms with Gasteiger partial charge in [0.1, 0.15) is 13.2 Å². The third kappa shape index (κ3) is 19.2. The van der Waals surface area contributed by atoms with Crippen LogP contribution in [-0.4, -0.2) is 109 Å². The van der Waals surface area contributed by atoms with Gasteiger partial charge in [-0.3, -0.25) is 9.59 Å². The molecular weight excluding hydrogens is 408 g/mol. The summed E-state index contributed by atoms with van der Waals surface area (Å²) in [4.78, 5) is 43.1. The standard InChI is InChI=1S/C18H30O12/c1-24-17(21)14-29-11-10-27-7-6-25-4-5-26-8-9-28-12-13-30-16(20)3-2-15(19)18(22)23/h2-14H2,1H3,(H,22,23). The van der Waals surface area contributed by atoms with Crippen LogP contribution >= 0.6 is 0 Å². The van der Waals surface area contributed by atoms with Crippen LogP contribution in [0.1, 0.15) is 12.8 Å². The number of methoxy groups -OCH3 is 1. The number of carbonyl (C=O) groups excluding carboxylic acids is 3. The van der Waals surface area contributed by atoms with Crippen molar-refractivity contribution in [2.75, 3.05) is 79.8 Å². The highest BCUT2D eigenvalue weighted by Gasteiger charge is 2.14. The van der Waals surface area contributed by atoms with Crippen LogP contribution in [0.25, 0.3) is 0 Å². The fourth-order valence-electron chi connectivity index (χ4n) is 1.70. The number of hydrogen-bond acceptors (Lipinski definition) is 11. The van der Waals surface area contributed by atoms with Crippen LogP contribution in [0.4, 0.5) is 0 Å². The van der Waals surface area contributed by atoms with Crippen LogP contribution < -0.4 is 0 Å². The molecule has 0 rings (SSSR count). The molecule has 0 saturated carbocycles. The van der Waals surface area contributed by atoms with Gasteiger partial charge in [0.25, 0.3) is 0 Å². The van der Waals surface area contributed by atoms with Crippen molar-refractivity contribution >= 4 is 23.7 Å². The van der Waals surface area contributed by atoms with E-state index in [1.165, 1.54) is 7.11 Å². The van der Waals surface area contributed by atoms with E-state index in [0.717, 1.165) is 0 Å². The zero-order chi connectivity index (χ0) is 22.5. The van der Waals surface area contributed by atoms with Crippen LogP contribution in [-0.2, 0) is 52.3 Å². The quantitative estimate of drug-likeness (QED) is 0.136. The fraction of sp³-hybridized carbons (Fsp3) is 0.778. The van der Waals surface area contributed by atoms with Gasteiger partial charge in [-0.05, 0) is 0 Å². The van der Waals surface area contributed by atoms with Crippen molar-refractivity contribution in [3.05, 3.63) is 0 Å². The Kier molecular flexibility index (Phi) is 18.7. The highest BCUT2D eigenvalue weighted by Crippen LogP contribution is 1.95. The lowest BCUT2D eigenvalue weighted by Crippen LogP contribution is -2.17. The number of rotatable bonds is 21. The molecule has 0 aromatic rings. The maximum Gasteiger partial charge on any atom is 0.372 e. The third-order valence-electron chi connectivity index (χ3n) is 3.22. The van der Waals surface area contributed by atoms with E-state index in [4.69, 9.17) is 33.5 Å². The molecule has 0 bridgehead atoms. The van der Waals surface area contributed by atoms with Gasteiger partial charge in [0, 0.05) is 6.42 Å². The topological polar surface area (TPSA) is 153 Å². The number of Topliss-reactive ketones (excluding diaryl/α,β-unsaturated/α-hetero) is 1. The van der Waals surface area contributed by atoms with Gasteiger partial charge in [-0.2, -0.15) is 0 Å². The Morgan fingerprint density at radius 3 is 1.47 bits per heavy atom. The Hall–Kier alpha value is -2.12. The third-order valence-corrected chi connectivity index (χ3v) is 3.22. The minimum absolute atomic E-state index is 0.0108. The molecule has 0 aromatic carbocycles. The SMILES string of the molecule is COC(=O)COCCOCCOCCOCCOCCOC(=O)CCC(=O)C(=O)O. The molecule has 1 N–H and O–H groups in total. The average molecular weight is 438 g/mol. The van der Waals surface area contributed by atoms with E-state index >= 15 is 0 Å². The zero-order valence-electron chi connectivity index (χ0n) is 17.1. The fourth-order valence-corrected chi connectivity index (χ4v) is 1.70. The Morgan fingerprint density at radius 1 is 0.600 bits per heavy atom. The number of hydrogen-bond donors (Lipinski definition) is 1. The van der Waals surface area contributed by atoms with Crippen molar-refractivity contribution in [1.82, 2.24) is 0 Å². The maximum atomic E-state index is 11.3. The van der Waals surface area contributed by atoms with Crippen molar-refractivity contribution in [2.45, 2.75) is 12.8 Å². The first-order valence-electron chi connectivity index (χ1n) is 9.34. The normalized spacial score (nSPS) is 10.6. The molecule has 174 valence electrons. The van der Waals surface area contributed by atoms with Gasteiger partial charge in [-0.1, -0.05) is 0 Å². The summed E-state index contributed by atoms with van der Waals surface area (Å²) in [5.74, 6) is -3.68. The van der Waals surface area contributed by atoms with Gasteiger partial charge in [0.05, 0.1) is 73.0 Å². The Bertz CT molecular complexity index is 494. The number of carboxylic acids is 1. The molecule has 0 aliphatic carbocycles. The number of esters is 2. The second kappa shape index (κ2) is 20.2. The minimum Gasteiger partial charge on any atom is -0.476 e. The summed E-state index contributed by atoms with van der Waals surface area (Å²) < 4.78 is 35.2. The summed E-state index contributed by atoms with van der Waals surface area (Å²) in [5.41, 5.74) is 0. The monoisotopic (exact) mass is 438 g/mol. The molecule has 30 heavy (non-hydrogen) atoms. The number of carbonyl (C=O) groups is 4. The number of carboxylic acid groups (broad SMARTS) is 1. The maximum absolute atomic E-state index is 11.3. The van der Waals surface area contributed by atoms with Crippen molar-refractivity contribution in [3.63, 3.8) is 0 Å². The van der Waals surface area contributed by atoms with E-state index in [1.54, 1.807) is 0 Å². The molecule has 0 aliphatic heterocycles. The Balaban J connectivity index is 3.21. The highest BCUT2D eigenvalue weighted by atomic mass is 16.6. The molecule has 0 aromatic heterocycles. The largest absolute Gasteiger partial charge is 0.476 e. The first kappa shape index (κ1) is 27.9. The van der Waals surface area contributed by atoms with Crippen molar-refractivity contribution in [2.24, 2.45) is 0 Å². The minimum atomic E-state index is -1.57. The van der Waals surface area contributed by atoms with Crippen LogP contribution in [0, 0.1) is 0 Å². The van der Waals surface area contributed by atoms with Crippen molar-refractivity contribution in [3.8, 4) is 0 Å². The summed E-state index contributed by atoms with van der Waals surface area (Å²) in [6.45, 7) is 2.96. The summed E-state index contributed by atoms with van der Waals surface area (Å²) in [7, 11) is 1.29. The van der Waals surface area contributed by atoms with Crippen LogP contribution in [0.3, 0.4) is 0 Å². The van der Waals surface area contributed by atoms with Crippen molar-refractivity contribution in [1.29, 1.82) is 0 Å². The lowest BCUT2D eigenvalue weighted by atomic mass is 10.2. The van der Waals surface area contributed by atoms with Gasteiger partial charge in [-0.25, -0.2) is 9.59 Å². The first-order chi connectivity index (χ1) is 14.5. The molecule has 0 fully saturated rings. The summed E-state index contributed by atoms with van der Waals surface area (Å²) in [5, 5.41) is 8.38. The summed E-state index contributed by atoms with van der Waals surface area (Å²) in [6, 6.07) is 0. The average Bonchev–Trinajstić information content (AvgIpc) is 2.73. The number of ketones is 1. The van der Waals surface area contributed by atoms with Gasteiger partial charge in [0.15, 0.2) is 0 Å². The van der Waals surface area contributed by atoms with Crippen molar-refractivity contribution < 1.29 is 57.4 Å². The molecule has 0 amide bonds. The van der Waals surface area contributed by atoms with E-state index in [-0.39, 0.29) is 32.7 Å². The van der Waals surface area contributed by atoms with Gasteiger partial charge < -0.3 is 38.3 Å². The van der Waals surface area contributed by atoms with E-state index in [1.807, 2.05) is 0 Å². The highest BCUT2D eigenvalue weighted by molar-refractivity contribution is 6.32. The summed E-state index contributed by atoms with van der Waals surface area (Å²) >= 11 is 0. The van der Waals surface area contributed by atoms with Crippen LogP contribution in [0.5, 0.6) is 0 Å². The first-order valence-corrected chi connectivity index (χ1v) is 9.34. The predicted octanol–water partition coefficient (Wildman–Crippen LogP) is -0.780. The molecule has 0 aliphatic rings. The molecule has 0 heterocycles. The number of ether oxygens (including phenoxy) is 7. The zero-order valence-corrected chi connectivity index (χ0v) is 17.1. The molecule has 0 radical (unpaired) electrons. The lowest BCUT2D eigenvalue weighted by molar-refractivity contribution is -0.151. The molecule has 12 nitrogen and oxygen atoms in total. The second-order valence-corrected chi connectivity index (χ2v) is 5.53. The molecule has 0 atom stereocenters. The summed E-state index contributed by atoms with van der Waals surface area (Å²) in [6.07, 6.45) is -0.662. The smallest absolute Gasteiger partial charge is 0.372 e. The molecular formula is C18H30O12. The van der Waals surface area contributed by atoms with Crippen LogP contribution in [0.2, 0.25) is 0 Å². The lowest BCUT2D eigenvalue weighted by Gasteiger charge is -2.08. The molecule has 0 spiro atoms. The molecule has 12 heteroatoms. The van der Waals surface area contributed by atoms with Gasteiger partial charge >= 0.3 is 17.9 Å².